The van der Waals surface area contributed by atoms with E-state index in [0.717, 1.165) is 51.0 Å². The third kappa shape index (κ3) is 10.2. The first-order valence-corrected chi connectivity index (χ1v) is 8.72. The highest BCUT2D eigenvalue weighted by molar-refractivity contribution is 8.93. The monoisotopic (exact) mass is 488 g/mol. The number of phenols is 2. The Morgan fingerprint density at radius 1 is 0.615 bits per heavy atom. The van der Waals surface area contributed by atoms with Gasteiger partial charge in [-0.15, -0.1) is 34.0 Å². The molecule has 0 saturated heterocycles. The van der Waals surface area contributed by atoms with Crippen molar-refractivity contribution in [1.82, 2.24) is 10.6 Å². The molecule has 0 aromatic heterocycles. The Bertz CT molecular complexity index is 598. The molecule has 0 bridgehead atoms. The zero-order chi connectivity index (χ0) is 17.0. The minimum atomic E-state index is -0.0635. The van der Waals surface area contributed by atoms with Gasteiger partial charge >= 0.3 is 0 Å². The molecule has 146 valence electrons. The first-order chi connectivity index (χ1) is 11.8. The van der Waals surface area contributed by atoms with E-state index in [4.69, 9.17) is 0 Å². The van der Waals surface area contributed by atoms with Crippen LogP contribution in [-0.2, 0) is 12.8 Å². The summed E-state index contributed by atoms with van der Waals surface area (Å²) < 4.78 is 0. The molecule has 4 nitrogen and oxygen atoms in total. The fourth-order valence-electron chi connectivity index (χ4n) is 2.58. The molecule has 0 aliphatic heterocycles. The summed E-state index contributed by atoms with van der Waals surface area (Å²) >= 11 is 0. The van der Waals surface area contributed by atoms with E-state index in [1.54, 1.807) is 6.07 Å². The van der Waals surface area contributed by atoms with Gasteiger partial charge in [-0.05, 0) is 75.1 Å². The molecule has 2 aromatic carbocycles. The summed E-state index contributed by atoms with van der Waals surface area (Å²) in [6.07, 6.45) is 4.25. The second kappa shape index (κ2) is 15.0. The molecule has 6 heteroatoms. The molecule has 0 radical (unpaired) electrons. The number of rotatable bonds is 11. The predicted octanol–water partition coefficient (Wildman–Crippen LogP) is 4.00. The van der Waals surface area contributed by atoms with E-state index in [2.05, 4.69) is 34.9 Å². The van der Waals surface area contributed by atoms with E-state index in [-0.39, 0.29) is 45.5 Å². The number of phenolic OH excluding ortho intramolecular Hbond substituents is 2. The number of hydrogen-bond acceptors (Lipinski definition) is 4. The molecule has 4 N–H and O–H groups in total. The summed E-state index contributed by atoms with van der Waals surface area (Å²) in [5.41, 5.74) is 2.41. The van der Waals surface area contributed by atoms with Crippen LogP contribution in [0.2, 0.25) is 0 Å². The molecule has 2 aromatic rings. The van der Waals surface area contributed by atoms with Crippen molar-refractivity contribution in [1.29, 1.82) is 0 Å². The van der Waals surface area contributed by atoms with E-state index >= 15 is 0 Å². The van der Waals surface area contributed by atoms with Crippen molar-refractivity contribution in [3.8, 4) is 11.5 Å². The molecule has 0 saturated carbocycles. The number of halogens is 2. The second-order valence-electron chi connectivity index (χ2n) is 6.02. The van der Waals surface area contributed by atoms with Crippen molar-refractivity contribution in [3.05, 3.63) is 59.7 Å². The molecule has 0 fully saturated rings. The molecule has 0 unspecified atom stereocenters. The maximum absolute atomic E-state index is 9.44. The Kier molecular flexibility index (Phi) is 14.4. The SMILES string of the molecule is Br.Br.Oc1ccc(CCNCCCCNCCc2ccccc2)cc1O. The van der Waals surface area contributed by atoms with Crippen molar-refractivity contribution in [3.63, 3.8) is 0 Å². The van der Waals surface area contributed by atoms with Crippen LogP contribution in [0.25, 0.3) is 0 Å². The van der Waals surface area contributed by atoms with E-state index in [0.29, 0.717) is 0 Å². The molecule has 0 aliphatic rings. The maximum atomic E-state index is 9.44. The number of hydrogen-bond donors (Lipinski definition) is 4. The number of nitrogens with one attached hydrogen (secondary N) is 2. The third-order valence-electron chi connectivity index (χ3n) is 4.02. The Morgan fingerprint density at radius 2 is 1.19 bits per heavy atom. The lowest BCUT2D eigenvalue weighted by Gasteiger charge is -2.07. The van der Waals surface area contributed by atoms with Gasteiger partial charge in [0.25, 0.3) is 0 Å². The van der Waals surface area contributed by atoms with E-state index in [9.17, 15) is 10.2 Å². The second-order valence-corrected chi connectivity index (χ2v) is 6.02. The fourth-order valence-corrected chi connectivity index (χ4v) is 2.58. The zero-order valence-corrected chi connectivity index (χ0v) is 18.4. The van der Waals surface area contributed by atoms with Gasteiger partial charge in [-0.2, -0.15) is 0 Å². The van der Waals surface area contributed by atoms with Gasteiger partial charge < -0.3 is 20.8 Å². The average molecular weight is 490 g/mol. The third-order valence-corrected chi connectivity index (χ3v) is 4.02. The Morgan fingerprint density at radius 3 is 1.77 bits per heavy atom. The lowest BCUT2D eigenvalue weighted by atomic mass is 10.1. The molecule has 0 heterocycles. The Hall–Kier alpha value is -1.08. The Labute approximate surface area is 177 Å². The molecule has 0 atom stereocenters. The highest BCUT2D eigenvalue weighted by Crippen LogP contribution is 2.24. The molecule has 26 heavy (non-hydrogen) atoms. The van der Waals surface area contributed by atoms with Gasteiger partial charge in [0.2, 0.25) is 0 Å². The molecule has 0 spiro atoms. The van der Waals surface area contributed by atoms with Crippen LogP contribution in [0.1, 0.15) is 24.0 Å². The van der Waals surface area contributed by atoms with Crippen LogP contribution < -0.4 is 10.6 Å². The van der Waals surface area contributed by atoms with Crippen LogP contribution in [0.15, 0.2) is 48.5 Å². The number of aromatic hydroxyl groups is 2. The normalized spacial score (nSPS) is 10.0. The molecular weight excluding hydrogens is 460 g/mol. The summed E-state index contributed by atoms with van der Waals surface area (Å²) in [6, 6.07) is 15.5. The van der Waals surface area contributed by atoms with Crippen molar-refractivity contribution in [2.75, 3.05) is 26.2 Å². The minimum Gasteiger partial charge on any atom is -0.504 e. The summed E-state index contributed by atoms with van der Waals surface area (Å²) in [4.78, 5) is 0. The van der Waals surface area contributed by atoms with Crippen LogP contribution in [-0.4, -0.2) is 36.4 Å². The smallest absolute Gasteiger partial charge is 0.157 e. The van der Waals surface area contributed by atoms with E-state index < -0.39 is 0 Å². The van der Waals surface area contributed by atoms with Crippen molar-refractivity contribution in [2.45, 2.75) is 25.7 Å². The average Bonchev–Trinajstić information content (AvgIpc) is 2.60. The van der Waals surface area contributed by atoms with Gasteiger partial charge in [-0.25, -0.2) is 0 Å². The highest BCUT2D eigenvalue weighted by Gasteiger charge is 2.00. The van der Waals surface area contributed by atoms with Gasteiger partial charge in [0.1, 0.15) is 0 Å². The summed E-state index contributed by atoms with van der Waals surface area (Å²) in [7, 11) is 0. The largest absolute Gasteiger partial charge is 0.504 e. The lowest BCUT2D eigenvalue weighted by Crippen LogP contribution is -2.22. The van der Waals surface area contributed by atoms with E-state index in [1.807, 2.05) is 12.1 Å². The van der Waals surface area contributed by atoms with Gasteiger partial charge in [0.15, 0.2) is 11.5 Å². The van der Waals surface area contributed by atoms with Gasteiger partial charge in [0, 0.05) is 0 Å². The van der Waals surface area contributed by atoms with Crippen LogP contribution in [0.4, 0.5) is 0 Å². The van der Waals surface area contributed by atoms with Crippen molar-refractivity contribution >= 4 is 34.0 Å². The molecule has 0 amide bonds. The topological polar surface area (TPSA) is 64.5 Å². The number of benzene rings is 2. The quantitative estimate of drug-likeness (QED) is 0.284. The van der Waals surface area contributed by atoms with E-state index in [1.165, 1.54) is 18.1 Å². The predicted molar refractivity (Wildman–Crippen MR) is 119 cm³/mol. The van der Waals surface area contributed by atoms with Gasteiger partial charge in [0.05, 0.1) is 0 Å². The van der Waals surface area contributed by atoms with Crippen LogP contribution in [0.3, 0.4) is 0 Å². The highest BCUT2D eigenvalue weighted by atomic mass is 79.9. The lowest BCUT2D eigenvalue weighted by molar-refractivity contribution is 0.403. The minimum absolute atomic E-state index is 0. The zero-order valence-electron chi connectivity index (χ0n) is 15.0. The Balaban J connectivity index is 0.00000312. The van der Waals surface area contributed by atoms with Crippen LogP contribution >= 0.6 is 34.0 Å². The van der Waals surface area contributed by atoms with Gasteiger partial charge in [-0.3, -0.25) is 0 Å². The van der Waals surface area contributed by atoms with Crippen LogP contribution in [0, 0.1) is 0 Å². The first kappa shape index (κ1) is 24.9. The molecule has 0 aliphatic carbocycles. The summed E-state index contributed by atoms with van der Waals surface area (Å²) in [5, 5.41) is 25.6. The molecular formula is C20H30Br2N2O2. The summed E-state index contributed by atoms with van der Waals surface area (Å²) in [5.74, 6) is -0.111. The maximum Gasteiger partial charge on any atom is 0.157 e. The fraction of sp³-hybridized carbons (Fsp3) is 0.400. The van der Waals surface area contributed by atoms with Crippen LogP contribution in [0.5, 0.6) is 11.5 Å². The molecule has 2 rings (SSSR count). The van der Waals surface area contributed by atoms with Crippen molar-refractivity contribution < 1.29 is 10.2 Å². The standard InChI is InChI=1S/C20H28N2O2.2BrH/c23-19-9-8-18(16-20(19)24)11-15-22-13-5-4-12-21-14-10-17-6-2-1-3-7-17;;/h1-3,6-9,16,21-24H,4-5,10-15H2;2*1H. The summed E-state index contributed by atoms with van der Waals surface area (Å²) in [6.45, 7) is 3.97. The van der Waals surface area contributed by atoms with Gasteiger partial charge in [-0.1, -0.05) is 36.4 Å². The number of unbranched alkanes of at least 4 members (excludes halogenated alkanes) is 1. The first-order valence-electron chi connectivity index (χ1n) is 8.72. The van der Waals surface area contributed by atoms with Crippen molar-refractivity contribution in [2.24, 2.45) is 0 Å².